The third kappa shape index (κ3) is 4.31. The van der Waals surface area contributed by atoms with Gasteiger partial charge >= 0.3 is 6.18 Å². The molecule has 12 heteroatoms. The maximum Gasteiger partial charge on any atom is 0.416 e. The molecule has 4 rings (SSSR count). The summed E-state index contributed by atoms with van der Waals surface area (Å²) in [4.78, 5) is 29.5. The number of amides is 2. The van der Waals surface area contributed by atoms with Gasteiger partial charge in [-0.05, 0) is 36.4 Å². The van der Waals surface area contributed by atoms with Gasteiger partial charge in [0.1, 0.15) is 11.6 Å². The number of hydrogen-bond acceptors (Lipinski definition) is 4. The molecule has 0 fully saturated rings. The van der Waals surface area contributed by atoms with Crippen molar-refractivity contribution in [2.75, 3.05) is 5.32 Å². The van der Waals surface area contributed by atoms with Crippen LogP contribution in [0.4, 0.5) is 27.6 Å². The number of nitrogens with zero attached hydrogens (tertiary/aromatic N) is 1. The second-order valence-electron chi connectivity index (χ2n) is 7.36. The number of carbonyl (C=O) groups is 2. The molecule has 0 aliphatic carbocycles. The number of hydrogen-bond donors (Lipinski definition) is 3. The van der Waals surface area contributed by atoms with Gasteiger partial charge in [0.2, 0.25) is 0 Å². The average molecular weight is 497 g/mol. The first-order valence-electron chi connectivity index (χ1n) is 9.66. The summed E-state index contributed by atoms with van der Waals surface area (Å²) in [5, 5.41) is 5.10. The zero-order valence-corrected chi connectivity index (χ0v) is 17.7. The molecule has 0 saturated heterocycles. The summed E-state index contributed by atoms with van der Waals surface area (Å²) in [5.41, 5.74) is 4.15. The summed E-state index contributed by atoms with van der Waals surface area (Å²) in [5.74, 6) is -3.60. The highest BCUT2D eigenvalue weighted by Gasteiger charge is 2.37. The number of carbonyl (C=O) groups excluding carboxylic acids is 2. The number of rotatable bonds is 4. The normalized spacial score (nSPS) is 15.1. The van der Waals surface area contributed by atoms with E-state index in [1.54, 1.807) is 0 Å². The number of halogens is 6. The molecule has 2 amide bonds. The summed E-state index contributed by atoms with van der Waals surface area (Å²) in [6.07, 6.45) is -3.72. The van der Waals surface area contributed by atoms with Gasteiger partial charge in [-0.15, -0.1) is 0 Å². The van der Waals surface area contributed by atoms with Gasteiger partial charge in [-0.3, -0.25) is 14.6 Å². The minimum atomic E-state index is -4.88. The summed E-state index contributed by atoms with van der Waals surface area (Å²) < 4.78 is 66.8. The van der Waals surface area contributed by atoms with Crippen molar-refractivity contribution in [3.63, 3.8) is 0 Å². The van der Waals surface area contributed by atoms with Crippen molar-refractivity contribution < 1.29 is 31.5 Å². The highest BCUT2D eigenvalue weighted by atomic mass is 35.5. The van der Waals surface area contributed by atoms with Gasteiger partial charge in [-0.25, -0.2) is 8.78 Å². The molecule has 0 bridgehead atoms. The second-order valence-corrected chi connectivity index (χ2v) is 7.77. The van der Waals surface area contributed by atoms with E-state index in [4.69, 9.17) is 17.3 Å². The maximum atomic E-state index is 13.9. The van der Waals surface area contributed by atoms with E-state index in [1.165, 1.54) is 6.07 Å². The van der Waals surface area contributed by atoms with Crippen molar-refractivity contribution in [1.29, 1.82) is 0 Å². The molecule has 1 aliphatic rings. The van der Waals surface area contributed by atoms with Gasteiger partial charge in [-0.1, -0.05) is 11.6 Å². The lowest BCUT2D eigenvalue weighted by atomic mass is 9.96. The third-order valence-electron chi connectivity index (χ3n) is 5.19. The Morgan fingerprint density at radius 2 is 1.88 bits per heavy atom. The molecule has 1 aliphatic heterocycles. The van der Waals surface area contributed by atoms with Crippen LogP contribution in [-0.2, 0) is 12.7 Å². The van der Waals surface area contributed by atoms with E-state index in [0.29, 0.717) is 12.1 Å². The lowest BCUT2D eigenvalue weighted by Gasteiger charge is -2.18. The fraction of sp³-hybridized carbons (Fsp3) is 0.136. The molecule has 0 spiro atoms. The van der Waals surface area contributed by atoms with Crippen molar-refractivity contribution in [1.82, 2.24) is 10.3 Å². The molecule has 34 heavy (non-hydrogen) atoms. The van der Waals surface area contributed by atoms with E-state index in [1.807, 2.05) is 0 Å². The van der Waals surface area contributed by atoms with Gasteiger partial charge in [0, 0.05) is 28.3 Å². The SMILES string of the molecule is NCc1ncc(NC(=O)c2cc(F)cc(C(F)(F)F)c2)c2c1C(=O)NC2c1cc(F)ccc1Cl. The minimum Gasteiger partial charge on any atom is -0.341 e. The largest absolute Gasteiger partial charge is 0.416 e. The number of aromatic nitrogens is 1. The lowest BCUT2D eigenvalue weighted by Crippen LogP contribution is -2.21. The number of benzene rings is 2. The maximum absolute atomic E-state index is 13.9. The molecule has 6 nitrogen and oxygen atoms in total. The van der Waals surface area contributed by atoms with Crippen molar-refractivity contribution in [2.24, 2.45) is 5.73 Å². The Balaban J connectivity index is 1.81. The Labute approximate surface area is 193 Å². The minimum absolute atomic E-state index is 0.0147. The number of fused-ring (bicyclic) bond motifs is 1. The van der Waals surface area contributed by atoms with E-state index in [0.717, 1.165) is 18.3 Å². The summed E-state index contributed by atoms with van der Waals surface area (Å²) in [6, 6.07) is 3.86. The predicted molar refractivity (Wildman–Crippen MR) is 112 cm³/mol. The number of anilines is 1. The Morgan fingerprint density at radius 3 is 2.56 bits per heavy atom. The van der Waals surface area contributed by atoms with Gasteiger partial charge in [0.25, 0.3) is 11.8 Å². The summed E-state index contributed by atoms with van der Waals surface area (Å²) in [7, 11) is 0. The number of nitrogens with two attached hydrogens (primary N) is 1. The van der Waals surface area contributed by atoms with Crippen LogP contribution < -0.4 is 16.4 Å². The second kappa shape index (κ2) is 8.65. The lowest BCUT2D eigenvalue weighted by molar-refractivity contribution is -0.137. The van der Waals surface area contributed by atoms with Crippen LogP contribution in [0.1, 0.15) is 49.1 Å². The van der Waals surface area contributed by atoms with Gasteiger partial charge in [-0.2, -0.15) is 13.2 Å². The number of nitrogens with one attached hydrogen (secondary N) is 2. The van der Waals surface area contributed by atoms with E-state index in [2.05, 4.69) is 15.6 Å². The molecule has 1 unspecified atom stereocenters. The Bertz CT molecular complexity index is 1330. The van der Waals surface area contributed by atoms with E-state index >= 15 is 0 Å². The third-order valence-corrected chi connectivity index (χ3v) is 5.53. The first kappa shape index (κ1) is 23.6. The molecule has 2 heterocycles. The Hall–Kier alpha value is -3.57. The fourth-order valence-corrected chi connectivity index (χ4v) is 3.92. The van der Waals surface area contributed by atoms with Crippen LogP contribution in [0, 0.1) is 11.6 Å². The molecule has 2 aromatic carbocycles. The molecule has 1 aromatic heterocycles. The zero-order chi connectivity index (χ0) is 24.8. The monoisotopic (exact) mass is 496 g/mol. The van der Waals surface area contributed by atoms with Crippen LogP contribution in [0.2, 0.25) is 5.02 Å². The van der Waals surface area contributed by atoms with Gasteiger partial charge < -0.3 is 16.4 Å². The molecule has 3 aromatic rings. The van der Waals surface area contributed by atoms with E-state index in [9.17, 15) is 31.5 Å². The first-order chi connectivity index (χ1) is 16.0. The van der Waals surface area contributed by atoms with E-state index in [-0.39, 0.29) is 45.7 Å². The standard InChI is InChI=1S/C22H14ClF5N4O2/c23-14-2-1-11(24)6-13(14)19-17-16(8-30-15(7-29)18(17)21(34)32-19)31-20(33)9-3-10(22(26,27)28)5-12(25)4-9/h1-6,8,19H,7,29H2,(H,31,33)(H,32,34). The van der Waals surface area contributed by atoms with Crippen molar-refractivity contribution >= 4 is 29.1 Å². The van der Waals surface area contributed by atoms with Crippen LogP contribution in [0.5, 0.6) is 0 Å². The predicted octanol–water partition coefficient (Wildman–Crippen LogP) is 4.58. The first-order valence-corrected chi connectivity index (χ1v) is 10.0. The molecular weight excluding hydrogens is 483 g/mol. The smallest absolute Gasteiger partial charge is 0.341 e. The van der Waals surface area contributed by atoms with Gasteiger partial charge in [0.05, 0.1) is 34.7 Å². The Morgan fingerprint density at radius 1 is 1.15 bits per heavy atom. The van der Waals surface area contributed by atoms with Crippen LogP contribution in [0.15, 0.2) is 42.6 Å². The zero-order valence-electron chi connectivity index (χ0n) is 16.9. The highest BCUT2D eigenvalue weighted by molar-refractivity contribution is 6.31. The number of pyridine rings is 1. The van der Waals surface area contributed by atoms with Crippen LogP contribution in [-0.4, -0.2) is 16.8 Å². The van der Waals surface area contributed by atoms with Crippen LogP contribution in [0.25, 0.3) is 0 Å². The summed E-state index contributed by atoms with van der Waals surface area (Å²) in [6.45, 7) is -0.146. The topological polar surface area (TPSA) is 97.1 Å². The van der Waals surface area contributed by atoms with E-state index < -0.39 is 46.8 Å². The number of alkyl halides is 3. The molecule has 1 atom stereocenters. The van der Waals surface area contributed by atoms with Gasteiger partial charge in [0.15, 0.2) is 0 Å². The molecule has 176 valence electrons. The van der Waals surface area contributed by atoms with Crippen LogP contribution >= 0.6 is 11.6 Å². The molecule has 0 saturated carbocycles. The highest BCUT2D eigenvalue weighted by Crippen LogP contribution is 2.40. The molecule has 0 radical (unpaired) electrons. The van der Waals surface area contributed by atoms with Crippen molar-refractivity contribution in [3.05, 3.63) is 92.8 Å². The molecule has 4 N–H and O–H groups in total. The average Bonchev–Trinajstić information content (AvgIpc) is 3.12. The molecular formula is C22H14ClF5N4O2. The fourth-order valence-electron chi connectivity index (χ4n) is 3.70. The van der Waals surface area contributed by atoms with Crippen molar-refractivity contribution in [3.8, 4) is 0 Å². The summed E-state index contributed by atoms with van der Waals surface area (Å²) >= 11 is 6.20. The van der Waals surface area contributed by atoms with Crippen molar-refractivity contribution in [2.45, 2.75) is 18.8 Å². The Kier molecular flexibility index (Phi) is 6.00. The van der Waals surface area contributed by atoms with Crippen LogP contribution in [0.3, 0.4) is 0 Å². The quantitative estimate of drug-likeness (QED) is 0.461.